The van der Waals surface area contributed by atoms with Gasteiger partial charge in [-0.1, -0.05) is 17.7 Å². The third kappa shape index (κ3) is 2.43. The lowest BCUT2D eigenvalue weighted by Crippen LogP contribution is -2.05. The van der Waals surface area contributed by atoms with Gasteiger partial charge in [0.05, 0.1) is 11.3 Å². The van der Waals surface area contributed by atoms with E-state index in [-0.39, 0.29) is 11.3 Å². The van der Waals surface area contributed by atoms with E-state index >= 15 is 0 Å². The number of benzene rings is 1. The molecule has 2 N–H and O–H groups in total. The van der Waals surface area contributed by atoms with Crippen molar-refractivity contribution in [1.82, 2.24) is 0 Å². The minimum Gasteiger partial charge on any atom is -0.478 e. The molecule has 2 rings (SSSR count). The number of hydrogen-bond acceptors (Lipinski definition) is 3. The van der Waals surface area contributed by atoms with E-state index in [1.165, 1.54) is 12.3 Å². The molecule has 0 aliphatic heterocycles. The molecule has 1 atom stereocenters. The molecule has 94 valence electrons. The molecule has 1 aromatic heterocycles. The van der Waals surface area contributed by atoms with Gasteiger partial charge in [0.25, 0.3) is 0 Å². The third-order valence-corrected chi connectivity index (χ3v) is 3.67. The molecule has 18 heavy (non-hydrogen) atoms. The lowest BCUT2D eigenvalue weighted by Gasteiger charge is -2.10. The molecule has 1 unspecified atom stereocenters. The van der Waals surface area contributed by atoms with Crippen LogP contribution in [0.15, 0.2) is 39.4 Å². The fraction of sp³-hybridized carbons (Fsp3) is 0.0833. The van der Waals surface area contributed by atoms with Gasteiger partial charge in [-0.2, -0.15) is 0 Å². The molecular formula is C12H8BrClO4. The topological polar surface area (TPSA) is 70.7 Å². The molecule has 1 heterocycles. The van der Waals surface area contributed by atoms with Crippen LogP contribution in [0.4, 0.5) is 0 Å². The number of carboxylic acid groups (broad SMARTS) is 1. The lowest BCUT2D eigenvalue weighted by molar-refractivity contribution is 0.0687. The van der Waals surface area contributed by atoms with Crippen molar-refractivity contribution in [2.24, 2.45) is 0 Å². The molecule has 0 radical (unpaired) electrons. The number of carbonyl (C=O) groups is 1. The first kappa shape index (κ1) is 13.1. The number of aromatic carboxylic acids is 1. The van der Waals surface area contributed by atoms with E-state index < -0.39 is 12.1 Å². The van der Waals surface area contributed by atoms with Gasteiger partial charge >= 0.3 is 5.97 Å². The molecule has 0 aliphatic rings. The van der Waals surface area contributed by atoms with Gasteiger partial charge < -0.3 is 14.6 Å². The summed E-state index contributed by atoms with van der Waals surface area (Å²) >= 11 is 9.15. The Morgan fingerprint density at radius 3 is 2.72 bits per heavy atom. The van der Waals surface area contributed by atoms with Crippen molar-refractivity contribution < 1.29 is 19.4 Å². The molecule has 6 heteroatoms. The molecule has 0 fully saturated rings. The molecule has 4 nitrogen and oxygen atoms in total. The molecule has 0 saturated carbocycles. The third-order valence-electron chi connectivity index (χ3n) is 2.43. The average molecular weight is 332 g/mol. The SMILES string of the molecule is O=C(O)c1ccoc1C(O)c1ccc(Br)c(Cl)c1. The first-order valence-electron chi connectivity index (χ1n) is 4.94. The van der Waals surface area contributed by atoms with Crippen LogP contribution in [0.2, 0.25) is 5.02 Å². The maximum Gasteiger partial charge on any atom is 0.339 e. The second-order valence-corrected chi connectivity index (χ2v) is 4.84. The summed E-state index contributed by atoms with van der Waals surface area (Å²) in [7, 11) is 0. The van der Waals surface area contributed by atoms with Gasteiger partial charge in [0, 0.05) is 4.47 Å². The summed E-state index contributed by atoms with van der Waals surface area (Å²) in [5.74, 6) is -1.16. The standard InChI is InChI=1S/C12H8BrClO4/c13-8-2-1-6(5-9(8)14)10(15)11-7(12(16)17)3-4-18-11/h1-5,10,15H,(H,16,17). The van der Waals surface area contributed by atoms with Crippen LogP contribution in [0.5, 0.6) is 0 Å². The Balaban J connectivity index is 2.41. The number of aliphatic hydroxyl groups excluding tert-OH is 1. The van der Waals surface area contributed by atoms with Crippen LogP contribution in [0, 0.1) is 0 Å². The minimum atomic E-state index is -1.17. The Hall–Kier alpha value is -1.30. The van der Waals surface area contributed by atoms with Crippen molar-refractivity contribution in [3.8, 4) is 0 Å². The van der Waals surface area contributed by atoms with Gasteiger partial charge in [-0.3, -0.25) is 0 Å². The Bertz CT molecular complexity index is 594. The average Bonchev–Trinajstić information content (AvgIpc) is 2.81. The van der Waals surface area contributed by atoms with Gasteiger partial charge in [-0.25, -0.2) is 4.79 Å². The van der Waals surface area contributed by atoms with Gasteiger partial charge in [-0.15, -0.1) is 0 Å². The van der Waals surface area contributed by atoms with Crippen molar-refractivity contribution in [1.29, 1.82) is 0 Å². The van der Waals surface area contributed by atoms with E-state index in [0.717, 1.165) is 0 Å². The molecule has 0 amide bonds. The minimum absolute atomic E-state index is 0.0131. The number of rotatable bonds is 3. The van der Waals surface area contributed by atoms with Crippen LogP contribution in [-0.4, -0.2) is 16.2 Å². The van der Waals surface area contributed by atoms with Crippen LogP contribution < -0.4 is 0 Å². The number of aliphatic hydroxyl groups is 1. The van der Waals surface area contributed by atoms with E-state index in [1.807, 2.05) is 0 Å². The zero-order chi connectivity index (χ0) is 13.3. The van der Waals surface area contributed by atoms with Crippen LogP contribution in [0.25, 0.3) is 0 Å². The molecule has 0 spiro atoms. The van der Waals surface area contributed by atoms with Crippen LogP contribution in [-0.2, 0) is 0 Å². The summed E-state index contributed by atoms with van der Waals surface area (Å²) in [6.07, 6.45) is 0.0550. The van der Waals surface area contributed by atoms with E-state index in [9.17, 15) is 9.90 Å². The van der Waals surface area contributed by atoms with Crippen molar-refractivity contribution in [2.75, 3.05) is 0 Å². The van der Waals surface area contributed by atoms with E-state index in [2.05, 4.69) is 15.9 Å². The normalized spacial score (nSPS) is 12.4. The summed E-state index contributed by atoms with van der Waals surface area (Å²) in [5, 5.41) is 19.5. The quantitative estimate of drug-likeness (QED) is 0.903. The lowest BCUT2D eigenvalue weighted by atomic mass is 10.0. The second kappa shape index (κ2) is 5.14. The Labute approximate surface area is 116 Å². The molecule has 0 aliphatic carbocycles. The van der Waals surface area contributed by atoms with Crippen molar-refractivity contribution in [2.45, 2.75) is 6.10 Å². The summed E-state index contributed by atoms with van der Waals surface area (Å²) in [5.41, 5.74) is 0.391. The smallest absolute Gasteiger partial charge is 0.339 e. The predicted octanol–water partition coefficient (Wildman–Crippen LogP) is 3.48. The number of hydrogen-bond donors (Lipinski definition) is 2. The van der Waals surface area contributed by atoms with Crippen molar-refractivity contribution in [3.05, 3.63) is 56.9 Å². The molecular weight excluding hydrogens is 323 g/mol. The highest BCUT2D eigenvalue weighted by molar-refractivity contribution is 9.10. The summed E-state index contributed by atoms with van der Waals surface area (Å²) in [4.78, 5) is 10.9. The zero-order valence-electron chi connectivity index (χ0n) is 8.93. The monoisotopic (exact) mass is 330 g/mol. The van der Waals surface area contributed by atoms with E-state index in [1.54, 1.807) is 18.2 Å². The highest BCUT2D eigenvalue weighted by Gasteiger charge is 2.22. The van der Waals surface area contributed by atoms with Gasteiger partial charge in [0.15, 0.2) is 5.76 Å². The largest absolute Gasteiger partial charge is 0.478 e. The molecule has 0 saturated heterocycles. The Morgan fingerprint density at radius 2 is 2.11 bits per heavy atom. The van der Waals surface area contributed by atoms with Crippen molar-refractivity contribution in [3.63, 3.8) is 0 Å². The molecule has 0 bridgehead atoms. The van der Waals surface area contributed by atoms with Crippen LogP contribution >= 0.6 is 27.5 Å². The fourth-order valence-electron chi connectivity index (χ4n) is 1.54. The van der Waals surface area contributed by atoms with E-state index in [4.69, 9.17) is 21.1 Å². The van der Waals surface area contributed by atoms with Crippen LogP contribution in [0.3, 0.4) is 0 Å². The number of halogens is 2. The number of furan rings is 1. The predicted molar refractivity (Wildman–Crippen MR) is 68.9 cm³/mol. The van der Waals surface area contributed by atoms with E-state index in [0.29, 0.717) is 15.1 Å². The highest BCUT2D eigenvalue weighted by Crippen LogP contribution is 2.30. The Morgan fingerprint density at radius 1 is 1.39 bits per heavy atom. The first-order chi connectivity index (χ1) is 8.50. The molecule has 1 aromatic carbocycles. The second-order valence-electron chi connectivity index (χ2n) is 3.58. The Kier molecular flexibility index (Phi) is 3.75. The highest BCUT2D eigenvalue weighted by atomic mass is 79.9. The zero-order valence-corrected chi connectivity index (χ0v) is 11.3. The van der Waals surface area contributed by atoms with Gasteiger partial charge in [0.2, 0.25) is 0 Å². The fourth-order valence-corrected chi connectivity index (χ4v) is 1.98. The van der Waals surface area contributed by atoms with Crippen molar-refractivity contribution >= 4 is 33.5 Å². The van der Waals surface area contributed by atoms with Gasteiger partial charge in [0.1, 0.15) is 11.7 Å². The first-order valence-corrected chi connectivity index (χ1v) is 6.11. The maximum absolute atomic E-state index is 10.9. The summed E-state index contributed by atoms with van der Waals surface area (Å²) in [6.45, 7) is 0. The molecule has 2 aromatic rings. The van der Waals surface area contributed by atoms with Gasteiger partial charge in [-0.05, 0) is 39.7 Å². The number of carboxylic acids is 1. The summed E-state index contributed by atoms with van der Waals surface area (Å²) < 4.78 is 5.72. The summed E-state index contributed by atoms with van der Waals surface area (Å²) in [6, 6.07) is 6.14. The maximum atomic E-state index is 10.9. The van der Waals surface area contributed by atoms with Crippen LogP contribution in [0.1, 0.15) is 27.8 Å².